The zero-order valence-electron chi connectivity index (χ0n) is 22.2. The molecule has 2 aliphatic heterocycles. The number of hydrogen-bond acceptors (Lipinski definition) is 4. The number of aryl methyl sites for hydroxylation is 1. The minimum absolute atomic E-state index is 0.123. The zero-order valence-corrected chi connectivity index (χ0v) is 23.0. The minimum Gasteiger partial charge on any atom is -0.389 e. The molecule has 2 saturated heterocycles. The maximum atomic E-state index is 14.0. The summed E-state index contributed by atoms with van der Waals surface area (Å²) >= 11 is 6.17. The molecule has 6 heteroatoms. The molecule has 2 fully saturated rings. The predicted molar refractivity (Wildman–Crippen MR) is 148 cm³/mol. The normalized spacial score (nSPS) is 23.9. The molecule has 3 heterocycles. The quantitative estimate of drug-likeness (QED) is 0.372. The molecule has 1 N–H and O–H groups in total. The Bertz CT molecular complexity index is 1360. The first-order chi connectivity index (χ1) is 17.5. The lowest BCUT2D eigenvalue weighted by molar-refractivity contribution is -0.118. The largest absolute Gasteiger partial charge is 0.389 e. The molecule has 0 saturated carbocycles. The van der Waals surface area contributed by atoms with E-state index in [1.54, 1.807) is 0 Å². The maximum Gasteiger partial charge on any atom is 0.179 e. The summed E-state index contributed by atoms with van der Waals surface area (Å²) in [5.74, 6) is 0.123. The lowest BCUT2D eigenvalue weighted by atomic mass is 9.68. The highest BCUT2D eigenvalue weighted by molar-refractivity contribution is 6.30. The van der Waals surface area contributed by atoms with Crippen molar-refractivity contribution in [3.63, 3.8) is 0 Å². The predicted octanol–water partition coefficient (Wildman–Crippen LogP) is 6.64. The van der Waals surface area contributed by atoms with Crippen molar-refractivity contribution in [1.82, 2.24) is 9.47 Å². The Balaban J connectivity index is 1.52. The van der Waals surface area contributed by atoms with E-state index in [0.717, 1.165) is 46.3 Å². The van der Waals surface area contributed by atoms with Crippen LogP contribution in [0.2, 0.25) is 5.02 Å². The van der Waals surface area contributed by atoms with Crippen molar-refractivity contribution < 1.29 is 9.90 Å². The molecule has 0 radical (unpaired) electrons. The van der Waals surface area contributed by atoms with E-state index in [2.05, 4.69) is 42.4 Å². The van der Waals surface area contributed by atoms with E-state index in [0.29, 0.717) is 37.3 Å². The number of carbonyl (C=O) groups is 1. The number of fused-ring (bicyclic) bond motifs is 3. The van der Waals surface area contributed by atoms with Crippen LogP contribution in [0.25, 0.3) is 16.6 Å². The van der Waals surface area contributed by atoms with Crippen molar-refractivity contribution in [2.45, 2.75) is 83.9 Å². The molecular weight excluding hydrogens is 482 g/mol. The molecule has 3 aromatic rings. The number of aromatic nitrogens is 1. The van der Waals surface area contributed by atoms with Gasteiger partial charge in [-0.3, -0.25) is 9.69 Å². The Hall–Kier alpha value is -2.65. The third kappa shape index (κ3) is 4.61. The van der Waals surface area contributed by atoms with Gasteiger partial charge in [-0.25, -0.2) is 0 Å². The number of halogens is 1. The van der Waals surface area contributed by atoms with Crippen LogP contribution < -0.4 is 0 Å². The molecule has 0 amide bonds. The number of carbonyl (C=O) groups excluding carboxylic acids is 1. The van der Waals surface area contributed by atoms with Gasteiger partial charge in [0.1, 0.15) is 0 Å². The van der Waals surface area contributed by atoms with E-state index in [-0.39, 0.29) is 23.3 Å². The summed E-state index contributed by atoms with van der Waals surface area (Å²) in [5, 5.41) is 22.1. The lowest BCUT2D eigenvalue weighted by Crippen LogP contribution is -2.57. The van der Waals surface area contributed by atoms with E-state index in [1.165, 1.54) is 0 Å². The molecule has 37 heavy (non-hydrogen) atoms. The van der Waals surface area contributed by atoms with E-state index in [1.807, 2.05) is 43.3 Å². The Kier molecular flexibility index (Phi) is 6.73. The van der Waals surface area contributed by atoms with Gasteiger partial charge < -0.3 is 9.67 Å². The standard InChI is InChI=1S/C31H36ClN3O2/c1-20-29(28(36)19-34-24-12-13-25(34)18-31(37,17-24)30(2,3)4)26-14-7-21(6-5-15-33)16-27(26)35(20)23-10-8-22(32)9-11-23/h7-11,14,16,24-25,37H,5-6,12-13,17-19H2,1-4H3/t24-,25?,31?/m1/s1. The van der Waals surface area contributed by atoms with Gasteiger partial charge in [0.15, 0.2) is 5.78 Å². The number of piperidine rings is 1. The van der Waals surface area contributed by atoms with Gasteiger partial charge in [0.2, 0.25) is 0 Å². The molecule has 1 aromatic heterocycles. The molecule has 3 atom stereocenters. The van der Waals surface area contributed by atoms with Crippen molar-refractivity contribution in [1.29, 1.82) is 5.26 Å². The Morgan fingerprint density at radius 2 is 1.78 bits per heavy atom. The van der Waals surface area contributed by atoms with E-state index < -0.39 is 5.60 Å². The molecule has 5 nitrogen and oxygen atoms in total. The summed E-state index contributed by atoms with van der Waals surface area (Å²) in [5.41, 5.74) is 3.80. The van der Waals surface area contributed by atoms with Gasteiger partial charge in [-0.2, -0.15) is 5.26 Å². The molecule has 2 aliphatic rings. The number of rotatable bonds is 6. The van der Waals surface area contributed by atoms with Gasteiger partial charge in [0.05, 0.1) is 23.7 Å². The van der Waals surface area contributed by atoms with Crippen LogP contribution in [0.1, 0.15) is 74.5 Å². The van der Waals surface area contributed by atoms with Crippen molar-refractivity contribution in [3.05, 3.63) is 64.3 Å². The molecule has 5 rings (SSSR count). The summed E-state index contributed by atoms with van der Waals surface area (Å²) in [4.78, 5) is 16.4. The highest BCUT2D eigenvalue weighted by atomic mass is 35.5. The van der Waals surface area contributed by atoms with Gasteiger partial charge in [0, 0.05) is 45.9 Å². The second kappa shape index (κ2) is 9.58. The average molecular weight is 518 g/mol. The summed E-state index contributed by atoms with van der Waals surface area (Å²) in [7, 11) is 0. The maximum absolute atomic E-state index is 14.0. The van der Waals surface area contributed by atoms with Crippen LogP contribution in [0.15, 0.2) is 42.5 Å². The van der Waals surface area contributed by atoms with E-state index in [9.17, 15) is 9.90 Å². The topological polar surface area (TPSA) is 69.3 Å². The van der Waals surface area contributed by atoms with Crippen LogP contribution in [0.3, 0.4) is 0 Å². The van der Waals surface area contributed by atoms with Gasteiger partial charge in [-0.15, -0.1) is 0 Å². The van der Waals surface area contributed by atoms with Crippen molar-refractivity contribution in [2.75, 3.05) is 6.54 Å². The molecule has 194 valence electrons. The fraction of sp³-hybridized carbons (Fsp3) is 0.484. The van der Waals surface area contributed by atoms with E-state index >= 15 is 0 Å². The summed E-state index contributed by atoms with van der Waals surface area (Å²) < 4.78 is 2.14. The van der Waals surface area contributed by atoms with Crippen LogP contribution in [0.4, 0.5) is 0 Å². The van der Waals surface area contributed by atoms with Gasteiger partial charge in [-0.05, 0) is 80.3 Å². The number of nitriles is 1. The fourth-order valence-electron chi connectivity index (χ4n) is 6.52. The molecule has 0 spiro atoms. The fourth-order valence-corrected chi connectivity index (χ4v) is 6.65. The Labute approximate surface area is 224 Å². The molecule has 0 aliphatic carbocycles. The second-order valence-electron chi connectivity index (χ2n) is 12.0. The van der Waals surface area contributed by atoms with Crippen LogP contribution in [0, 0.1) is 23.7 Å². The number of benzene rings is 2. The molecule has 2 unspecified atom stereocenters. The van der Waals surface area contributed by atoms with Crippen LogP contribution in [-0.2, 0) is 6.42 Å². The van der Waals surface area contributed by atoms with Crippen molar-refractivity contribution in [3.8, 4) is 11.8 Å². The molecule has 2 bridgehead atoms. The van der Waals surface area contributed by atoms with Crippen LogP contribution in [-0.4, -0.2) is 44.6 Å². The second-order valence-corrected chi connectivity index (χ2v) is 12.4. The van der Waals surface area contributed by atoms with Crippen molar-refractivity contribution in [2.24, 2.45) is 5.41 Å². The van der Waals surface area contributed by atoms with Crippen molar-refractivity contribution >= 4 is 28.3 Å². The number of ketones is 1. The average Bonchev–Trinajstić information content (AvgIpc) is 3.26. The smallest absolute Gasteiger partial charge is 0.179 e. The van der Waals surface area contributed by atoms with Gasteiger partial charge in [-0.1, -0.05) is 44.5 Å². The molecule has 2 aromatic carbocycles. The number of hydrogen-bond donors (Lipinski definition) is 1. The molecular formula is C31H36ClN3O2. The lowest BCUT2D eigenvalue weighted by Gasteiger charge is -2.49. The number of nitrogens with zero attached hydrogens (tertiary/aromatic N) is 3. The highest BCUT2D eigenvalue weighted by Gasteiger charge is 2.52. The first-order valence-corrected chi connectivity index (χ1v) is 13.7. The minimum atomic E-state index is -0.696. The Morgan fingerprint density at radius 3 is 2.38 bits per heavy atom. The summed E-state index contributed by atoms with van der Waals surface area (Å²) in [6.07, 6.45) is 4.63. The number of aliphatic hydroxyl groups is 1. The highest BCUT2D eigenvalue weighted by Crippen LogP contribution is 2.48. The summed E-state index contributed by atoms with van der Waals surface area (Å²) in [6, 6.07) is 16.6. The van der Waals surface area contributed by atoms with Gasteiger partial charge >= 0.3 is 0 Å². The first-order valence-electron chi connectivity index (χ1n) is 13.3. The van der Waals surface area contributed by atoms with E-state index in [4.69, 9.17) is 16.9 Å². The third-order valence-corrected chi connectivity index (χ3v) is 9.05. The van der Waals surface area contributed by atoms with Gasteiger partial charge in [0.25, 0.3) is 0 Å². The Morgan fingerprint density at radius 1 is 1.14 bits per heavy atom. The SMILES string of the molecule is Cc1c(C(=O)CN2C3CC[C@@H]2CC(O)(C(C)(C)C)C3)c2ccc(CCC#N)cc2n1-c1ccc(Cl)cc1. The number of Topliss-reactive ketones (excluding diaryl/α,β-unsaturated/α-hetero) is 1. The monoisotopic (exact) mass is 517 g/mol. The third-order valence-electron chi connectivity index (χ3n) is 8.80. The van der Waals surface area contributed by atoms with Crippen LogP contribution in [0.5, 0.6) is 0 Å². The van der Waals surface area contributed by atoms with Crippen LogP contribution >= 0.6 is 11.6 Å². The first kappa shape index (κ1) is 26.0. The summed E-state index contributed by atoms with van der Waals surface area (Å²) in [6.45, 7) is 8.74. The zero-order chi connectivity index (χ0) is 26.5.